The lowest BCUT2D eigenvalue weighted by molar-refractivity contribution is -0.00627. The van der Waals surface area contributed by atoms with Crippen molar-refractivity contribution in [3.8, 4) is 5.69 Å². The molecule has 0 amide bonds. The molecule has 2 N–H and O–H groups in total. The van der Waals surface area contributed by atoms with Crippen LogP contribution in [0, 0.1) is 0 Å². The Bertz CT molecular complexity index is 908. The van der Waals surface area contributed by atoms with Gasteiger partial charge in [-0.1, -0.05) is 18.2 Å². The summed E-state index contributed by atoms with van der Waals surface area (Å²) in [6.45, 7) is 1.82. The van der Waals surface area contributed by atoms with E-state index in [0.29, 0.717) is 23.9 Å². The van der Waals surface area contributed by atoms with Gasteiger partial charge in [0.05, 0.1) is 17.5 Å². The first kappa shape index (κ1) is 15.1. The Hall–Kier alpha value is -2.44. The highest BCUT2D eigenvalue weighted by Crippen LogP contribution is 2.20. The molecule has 6 heteroatoms. The van der Waals surface area contributed by atoms with E-state index in [2.05, 4.69) is 10.3 Å². The number of hydrogen-bond acceptors (Lipinski definition) is 4. The normalized spacial score (nSPS) is 17.2. The predicted octanol–water partition coefficient (Wildman–Crippen LogP) is 1.30. The molecule has 0 unspecified atom stereocenters. The van der Waals surface area contributed by atoms with Gasteiger partial charge in [-0.25, -0.2) is 4.98 Å². The van der Waals surface area contributed by atoms with Crippen molar-refractivity contribution in [2.24, 2.45) is 0 Å². The van der Waals surface area contributed by atoms with E-state index in [1.807, 2.05) is 41.1 Å². The summed E-state index contributed by atoms with van der Waals surface area (Å²) in [6, 6.07) is 11.6. The zero-order chi connectivity index (χ0) is 16.6. The Kier molecular flexibility index (Phi) is 3.70. The second-order valence-corrected chi connectivity index (χ2v) is 6.41. The van der Waals surface area contributed by atoms with Crippen LogP contribution >= 0.6 is 0 Å². The molecule has 1 saturated heterocycles. The molecule has 3 heterocycles. The van der Waals surface area contributed by atoms with Gasteiger partial charge in [0.15, 0.2) is 5.65 Å². The van der Waals surface area contributed by atoms with E-state index in [4.69, 9.17) is 0 Å². The van der Waals surface area contributed by atoms with E-state index >= 15 is 0 Å². The highest BCUT2D eigenvalue weighted by atomic mass is 16.3. The molecule has 0 bridgehead atoms. The molecular weight excluding hydrogens is 304 g/mol. The summed E-state index contributed by atoms with van der Waals surface area (Å²) in [5.74, 6) is 0. The van der Waals surface area contributed by atoms with Crippen molar-refractivity contribution in [3.63, 3.8) is 0 Å². The van der Waals surface area contributed by atoms with Crippen molar-refractivity contribution < 1.29 is 5.11 Å². The minimum absolute atomic E-state index is 0.110. The van der Waals surface area contributed by atoms with Crippen LogP contribution in [0.5, 0.6) is 0 Å². The van der Waals surface area contributed by atoms with E-state index in [9.17, 15) is 9.90 Å². The molecule has 3 aromatic rings. The first-order valence-corrected chi connectivity index (χ1v) is 8.21. The molecule has 24 heavy (non-hydrogen) atoms. The Morgan fingerprint density at radius 3 is 2.67 bits per heavy atom. The molecule has 0 saturated carbocycles. The molecule has 1 aromatic carbocycles. The second-order valence-electron chi connectivity index (χ2n) is 6.41. The molecule has 0 atom stereocenters. The largest absolute Gasteiger partial charge is 0.388 e. The lowest BCUT2D eigenvalue weighted by Crippen LogP contribution is -2.46. The molecule has 0 spiro atoms. The first-order valence-electron chi connectivity index (χ1n) is 8.21. The van der Waals surface area contributed by atoms with E-state index < -0.39 is 5.60 Å². The van der Waals surface area contributed by atoms with Gasteiger partial charge in [-0.15, -0.1) is 0 Å². The Labute approximate surface area is 139 Å². The molecule has 1 aliphatic heterocycles. The highest BCUT2D eigenvalue weighted by molar-refractivity contribution is 5.76. The van der Waals surface area contributed by atoms with Crippen LogP contribution in [-0.2, 0) is 6.54 Å². The molecule has 0 aliphatic carbocycles. The fourth-order valence-electron chi connectivity index (χ4n) is 3.33. The standard InChI is InChI=1S/C18H20N4O2/c23-17-15-6-11-22(14-4-2-1-3-5-14)16(15)20-13-21(17)12-18(24)7-9-19-10-8-18/h1-6,11,13,19,24H,7-10,12H2. The molecule has 124 valence electrons. The lowest BCUT2D eigenvalue weighted by Gasteiger charge is -2.32. The molecule has 2 aromatic heterocycles. The lowest BCUT2D eigenvalue weighted by atomic mass is 9.92. The maximum Gasteiger partial charge on any atom is 0.262 e. The quantitative estimate of drug-likeness (QED) is 0.762. The van der Waals surface area contributed by atoms with Gasteiger partial charge in [-0.2, -0.15) is 0 Å². The number of aromatic nitrogens is 3. The van der Waals surface area contributed by atoms with Gasteiger partial charge in [0.2, 0.25) is 0 Å². The molecule has 0 radical (unpaired) electrons. The summed E-state index contributed by atoms with van der Waals surface area (Å²) < 4.78 is 3.43. The fraction of sp³-hybridized carbons (Fsp3) is 0.333. The summed E-state index contributed by atoms with van der Waals surface area (Å²) in [7, 11) is 0. The predicted molar refractivity (Wildman–Crippen MR) is 92.4 cm³/mol. The minimum atomic E-state index is -0.841. The topological polar surface area (TPSA) is 72.1 Å². The van der Waals surface area contributed by atoms with Gasteiger partial charge in [0.25, 0.3) is 5.56 Å². The van der Waals surface area contributed by atoms with Crippen molar-refractivity contribution in [2.75, 3.05) is 13.1 Å². The zero-order valence-corrected chi connectivity index (χ0v) is 13.4. The molecule has 1 fully saturated rings. The molecule has 4 rings (SSSR count). The van der Waals surface area contributed by atoms with Crippen LogP contribution in [0.15, 0.2) is 53.7 Å². The van der Waals surface area contributed by atoms with Crippen molar-refractivity contribution in [1.82, 2.24) is 19.4 Å². The number of nitrogens with one attached hydrogen (secondary N) is 1. The van der Waals surface area contributed by atoms with Crippen molar-refractivity contribution in [3.05, 3.63) is 59.3 Å². The third-order valence-electron chi connectivity index (χ3n) is 4.70. The van der Waals surface area contributed by atoms with Gasteiger partial charge < -0.3 is 15.0 Å². The maximum absolute atomic E-state index is 12.8. The molecule has 1 aliphatic rings. The first-order chi connectivity index (χ1) is 11.7. The second kappa shape index (κ2) is 5.89. The van der Waals surface area contributed by atoms with Gasteiger partial charge in [0, 0.05) is 11.9 Å². The van der Waals surface area contributed by atoms with Crippen molar-refractivity contribution in [1.29, 1.82) is 0 Å². The van der Waals surface area contributed by atoms with Crippen LogP contribution in [-0.4, -0.2) is 37.9 Å². The van der Waals surface area contributed by atoms with Gasteiger partial charge >= 0.3 is 0 Å². The minimum Gasteiger partial charge on any atom is -0.388 e. The summed E-state index contributed by atoms with van der Waals surface area (Å²) >= 11 is 0. The number of fused-ring (bicyclic) bond motifs is 1. The van der Waals surface area contributed by atoms with E-state index in [-0.39, 0.29) is 12.1 Å². The van der Waals surface area contributed by atoms with Crippen LogP contribution < -0.4 is 10.9 Å². The number of para-hydroxylation sites is 1. The average Bonchev–Trinajstić information content (AvgIpc) is 3.03. The maximum atomic E-state index is 12.8. The van der Waals surface area contributed by atoms with Crippen LogP contribution in [0.2, 0.25) is 0 Å². The van der Waals surface area contributed by atoms with Crippen LogP contribution in [0.3, 0.4) is 0 Å². The number of aliphatic hydroxyl groups is 1. The van der Waals surface area contributed by atoms with E-state index in [1.165, 1.54) is 4.57 Å². The third kappa shape index (κ3) is 2.64. The SMILES string of the molecule is O=c1c2ccn(-c3ccccc3)c2ncn1CC1(O)CCNCC1. The van der Waals surface area contributed by atoms with Gasteiger partial charge in [-0.05, 0) is 44.1 Å². The Balaban J connectivity index is 1.73. The van der Waals surface area contributed by atoms with E-state index in [0.717, 1.165) is 18.8 Å². The monoisotopic (exact) mass is 324 g/mol. The van der Waals surface area contributed by atoms with Crippen LogP contribution in [0.1, 0.15) is 12.8 Å². The molecular formula is C18H20N4O2. The summed E-state index contributed by atoms with van der Waals surface area (Å²) in [6.07, 6.45) is 4.69. The number of piperidine rings is 1. The molecule has 6 nitrogen and oxygen atoms in total. The fourth-order valence-corrected chi connectivity index (χ4v) is 3.33. The number of rotatable bonds is 3. The van der Waals surface area contributed by atoms with Crippen LogP contribution in [0.25, 0.3) is 16.7 Å². The number of benzene rings is 1. The number of nitrogens with zero attached hydrogens (tertiary/aromatic N) is 3. The third-order valence-corrected chi connectivity index (χ3v) is 4.70. The van der Waals surface area contributed by atoms with Crippen molar-refractivity contribution >= 4 is 11.0 Å². The summed E-state index contributed by atoms with van der Waals surface area (Å²) in [5, 5.41) is 14.5. The van der Waals surface area contributed by atoms with Crippen LogP contribution in [0.4, 0.5) is 0 Å². The number of hydrogen-bond donors (Lipinski definition) is 2. The summed E-state index contributed by atoms with van der Waals surface area (Å²) in [4.78, 5) is 17.2. The Morgan fingerprint density at radius 1 is 1.17 bits per heavy atom. The zero-order valence-electron chi connectivity index (χ0n) is 13.4. The summed E-state index contributed by atoms with van der Waals surface area (Å²) in [5.41, 5.74) is 0.655. The van der Waals surface area contributed by atoms with Crippen molar-refractivity contribution in [2.45, 2.75) is 25.0 Å². The van der Waals surface area contributed by atoms with Gasteiger partial charge in [-0.3, -0.25) is 9.36 Å². The highest BCUT2D eigenvalue weighted by Gasteiger charge is 2.30. The average molecular weight is 324 g/mol. The Morgan fingerprint density at radius 2 is 1.92 bits per heavy atom. The van der Waals surface area contributed by atoms with E-state index in [1.54, 1.807) is 12.4 Å². The smallest absolute Gasteiger partial charge is 0.262 e. The van der Waals surface area contributed by atoms with Gasteiger partial charge in [0.1, 0.15) is 6.33 Å².